The van der Waals surface area contributed by atoms with Crippen molar-refractivity contribution in [2.75, 3.05) is 58.0 Å². The van der Waals surface area contributed by atoms with Crippen LogP contribution in [-0.2, 0) is 44.0 Å². The molecular weight excluding hydrogens is 748 g/mol. The Morgan fingerprint density at radius 3 is 2.73 bits per heavy atom. The third-order valence-corrected chi connectivity index (χ3v) is 16.0. The second-order valence-electron chi connectivity index (χ2n) is 17.0. The lowest BCUT2D eigenvalue weighted by Gasteiger charge is -2.50. The van der Waals surface area contributed by atoms with E-state index in [1.807, 2.05) is 39.2 Å². The first-order chi connectivity index (χ1) is 26.9. The van der Waals surface area contributed by atoms with Gasteiger partial charge in [-0.1, -0.05) is 36.7 Å². The van der Waals surface area contributed by atoms with Crippen molar-refractivity contribution >= 4 is 38.8 Å². The molecule has 2 aliphatic carbocycles. The molecule has 10 nitrogen and oxygen atoms in total. The molecule has 3 aromatic rings. The molecule has 7 atom stereocenters. The van der Waals surface area contributed by atoms with Crippen molar-refractivity contribution in [1.29, 1.82) is 0 Å². The minimum Gasteiger partial charge on any atom is -0.490 e. The van der Waals surface area contributed by atoms with Crippen molar-refractivity contribution in [3.05, 3.63) is 87.6 Å². The van der Waals surface area contributed by atoms with Gasteiger partial charge in [0.15, 0.2) is 5.89 Å². The summed E-state index contributed by atoms with van der Waals surface area (Å²) in [6.45, 7) is 11.9. The zero-order chi connectivity index (χ0) is 39.2. The Labute approximate surface area is 337 Å². The normalized spacial score (nSPS) is 33.0. The predicted molar refractivity (Wildman–Crippen MR) is 222 cm³/mol. The molecule has 302 valence electrons. The van der Waals surface area contributed by atoms with E-state index in [1.54, 1.807) is 6.07 Å². The fourth-order valence-electron chi connectivity index (χ4n) is 9.85. The van der Waals surface area contributed by atoms with Crippen molar-refractivity contribution in [1.82, 2.24) is 14.6 Å². The number of carbonyl (C=O) groups excluding carboxylic acids is 1. The number of anilines is 1. The smallest absolute Gasteiger partial charge is 0.262 e. The molecule has 1 spiro atoms. The summed E-state index contributed by atoms with van der Waals surface area (Å²) < 4.78 is 42.4. The predicted octanol–water partition coefficient (Wildman–Crippen LogP) is 6.94. The Kier molecular flexibility index (Phi) is 11.1. The molecule has 8 rings (SSSR count). The van der Waals surface area contributed by atoms with E-state index in [0.29, 0.717) is 30.9 Å². The summed E-state index contributed by atoms with van der Waals surface area (Å²) in [6.07, 6.45) is 10.6. The number of ether oxygens (including phenoxy) is 3. The first-order valence-electron chi connectivity index (χ1n) is 20.4. The standard InChI is InChI=1S/C44H57ClN4O6S/c1-29-8-6-17-44(52-4,24-41-46-38(30(2)55-41)26-48-18-20-53-21-19-48)37-13-10-34(37)25-49-27-43(16-7-9-32-22-35(45)12-14-36(32)43)28-54-40-15-11-33(23-39(40)49)42(50)47-56(5,51)31(29)3/h6,11-12,14-15,17,22-23,29,31,34,37H,5,7-10,13,16,18-21,24-28H2,1-4H3,(H,47,50,51)/b17-6+/t29-,31+,34-,37+,43-,44+,56?/m0/s1. The third-order valence-electron chi connectivity index (χ3n) is 13.6. The Morgan fingerprint density at radius 2 is 1.96 bits per heavy atom. The van der Waals surface area contributed by atoms with Gasteiger partial charge in [0.1, 0.15) is 11.5 Å². The molecule has 1 unspecified atom stereocenters. The lowest BCUT2D eigenvalue weighted by molar-refractivity contribution is -0.0777. The monoisotopic (exact) mass is 804 g/mol. The summed E-state index contributed by atoms with van der Waals surface area (Å²) in [5.74, 6) is 6.36. The van der Waals surface area contributed by atoms with E-state index in [2.05, 4.69) is 51.6 Å². The molecule has 0 radical (unpaired) electrons. The van der Waals surface area contributed by atoms with E-state index < -0.39 is 15.3 Å². The number of nitrogens with zero attached hydrogens (tertiary/aromatic N) is 3. The lowest BCUT2D eigenvalue weighted by atomic mass is 9.63. The fourth-order valence-corrected chi connectivity index (χ4v) is 11.5. The number of allylic oxidation sites excluding steroid dienone is 1. The highest BCUT2D eigenvalue weighted by atomic mass is 35.5. The van der Waals surface area contributed by atoms with Gasteiger partial charge in [-0.3, -0.25) is 14.4 Å². The first kappa shape index (κ1) is 39.5. The Hall–Kier alpha value is -3.35. The quantitative estimate of drug-likeness (QED) is 0.217. The largest absolute Gasteiger partial charge is 0.490 e. The van der Waals surface area contributed by atoms with Crippen LogP contribution in [0.3, 0.4) is 0 Å². The van der Waals surface area contributed by atoms with Gasteiger partial charge in [0.05, 0.1) is 52.9 Å². The van der Waals surface area contributed by atoms with E-state index in [1.165, 1.54) is 11.1 Å². The number of aromatic nitrogens is 1. The summed E-state index contributed by atoms with van der Waals surface area (Å²) in [5.41, 5.74) is 3.89. The van der Waals surface area contributed by atoms with E-state index in [-0.39, 0.29) is 34.3 Å². The van der Waals surface area contributed by atoms with Gasteiger partial charge in [-0.15, -0.1) is 0 Å². The van der Waals surface area contributed by atoms with Gasteiger partial charge in [0.25, 0.3) is 5.91 Å². The van der Waals surface area contributed by atoms with Gasteiger partial charge in [-0.25, -0.2) is 9.19 Å². The van der Waals surface area contributed by atoms with Gasteiger partial charge < -0.3 is 23.5 Å². The molecule has 56 heavy (non-hydrogen) atoms. The maximum atomic E-state index is 14.1. The Morgan fingerprint density at radius 1 is 1.14 bits per heavy atom. The van der Waals surface area contributed by atoms with Crippen molar-refractivity contribution < 1.29 is 27.6 Å². The maximum absolute atomic E-state index is 14.1. The van der Waals surface area contributed by atoms with Gasteiger partial charge in [0.2, 0.25) is 0 Å². The number of halogens is 1. The molecule has 1 N–H and O–H groups in total. The van der Waals surface area contributed by atoms with Gasteiger partial charge in [-0.2, -0.15) is 0 Å². The number of nitrogens with one attached hydrogen (secondary N) is 1. The van der Waals surface area contributed by atoms with Crippen LogP contribution in [0.5, 0.6) is 5.75 Å². The molecule has 5 aliphatic rings. The maximum Gasteiger partial charge on any atom is 0.262 e. The van der Waals surface area contributed by atoms with E-state index in [9.17, 15) is 9.00 Å². The van der Waals surface area contributed by atoms with Crippen LogP contribution in [0.25, 0.3) is 0 Å². The van der Waals surface area contributed by atoms with E-state index >= 15 is 0 Å². The topological polar surface area (TPSA) is 106 Å². The van der Waals surface area contributed by atoms with Crippen LogP contribution in [0, 0.1) is 24.7 Å². The van der Waals surface area contributed by atoms with Crippen molar-refractivity contribution in [2.24, 2.45) is 17.8 Å². The number of aryl methyl sites for hydroxylation is 2. The molecule has 1 amide bonds. The second-order valence-corrected chi connectivity index (χ2v) is 19.9. The lowest BCUT2D eigenvalue weighted by Crippen LogP contribution is -2.54. The zero-order valence-electron chi connectivity index (χ0n) is 33.3. The molecule has 2 fully saturated rings. The highest BCUT2D eigenvalue weighted by molar-refractivity contribution is 7.99. The highest BCUT2D eigenvalue weighted by Gasteiger charge is 2.50. The molecule has 2 aromatic carbocycles. The summed E-state index contributed by atoms with van der Waals surface area (Å²) in [5, 5.41) is 0.371. The average Bonchev–Trinajstić information content (AvgIpc) is 3.42. The van der Waals surface area contributed by atoms with Gasteiger partial charge >= 0.3 is 0 Å². The molecule has 4 heterocycles. The van der Waals surface area contributed by atoms with Crippen LogP contribution in [0.1, 0.15) is 84.8 Å². The van der Waals surface area contributed by atoms with E-state index in [0.717, 1.165) is 106 Å². The molecule has 3 aliphatic heterocycles. The first-order valence-corrected chi connectivity index (χ1v) is 22.5. The molecular formula is C44H57ClN4O6S. The molecule has 1 saturated heterocycles. The highest BCUT2D eigenvalue weighted by Crippen LogP contribution is 2.50. The minimum absolute atomic E-state index is 0.0271. The van der Waals surface area contributed by atoms with Crippen molar-refractivity contribution in [2.45, 2.75) is 88.5 Å². The molecule has 2 bridgehead atoms. The SMILES string of the molecule is C=S1(=O)NC(=O)c2ccc3c(c2)N(C[C@@H]2CC[C@H]2[C@@](Cc2nc(CN4CCOCC4)c(C)o2)(OC)/C=C/C[C@H](C)[C@H]1C)C[C@@]1(CCCc2cc(Cl)ccc21)CO3. The van der Waals surface area contributed by atoms with Gasteiger partial charge in [0, 0.05) is 61.1 Å². The Bertz CT molecular complexity index is 2080. The molecule has 1 aromatic heterocycles. The summed E-state index contributed by atoms with van der Waals surface area (Å²) in [7, 11) is -1.19. The van der Waals surface area contributed by atoms with Crippen LogP contribution in [0.2, 0.25) is 5.02 Å². The van der Waals surface area contributed by atoms with Crippen LogP contribution < -0.4 is 14.4 Å². The number of morpholine rings is 1. The zero-order valence-corrected chi connectivity index (χ0v) is 34.9. The number of benzene rings is 2. The number of carbonyl (C=O) groups is 1. The van der Waals surface area contributed by atoms with Crippen LogP contribution in [0.4, 0.5) is 5.69 Å². The molecule has 1 saturated carbocycles. The number of methoxy groups -OCH3 is 1. The summed E-state index contributed by atoms with van der Waals surface area (Å²) in [6, 6.07) is 11.9. The summed E-state index contributed by atoms with van der Waals surface area (Å²) >= 11 is 6.53. The van der Waals surface area contributed by atoms with Crippen LogP contribution in [-0.4, -0.2) is 89.8 Å². The van der Waals surface area contributed by atoms with Crippen molar-refractivity contribution in [3.8, 4) is 5.75 Å². The van der Waals surface area contributed by atoms with Crippen molar-refractivity contribution in [3.63, 3.8) is 0 Å². The average molecular weight is 805 g/mol. The fraction of sp³-hybridized carbons (Fsp3) is 0.568. The number of hydrogen-bond acceptors (Lipinski definition) is 9. The van der Waals surface area contributed by atoms with Crippen LogP contribution in [0.15, 0.2) is 53.0 Å². The van der Waals surface area contributed by atoms with E-state index in [4.69, 9.17) is 35.2 Å². The number of rotatable bonds is 5. The number of oxazole rings is 1. The number of amides is 1. The third kappa shape index (κ3) is 7.66. The number of hydrogen-bond donors (Lipinski definition) is 1. The Balaban J connectivity index is 1.19. The summed E-state index contributed by atoms with van der Waals surface area (Å²) in [4.78, 5) is 23.8. The minimum atomic E-state index is -3.00. The molecule has 12 heteroatoms. The van der Waals surface area contributed by atoms with Crippen LogP contribution >= 0.6 is 11.6 Å². The van der Waals surface area contributed by atoms with Gasteiger partial charge in [-0.05, 0) is 117 Å². The number of fused-ring (bicyclic) bond motifs is 4. The second kappa shape index (κ2) is 15.8.